The highest BCUT2D eigenvalue weighted by Crippen LogP contribution is 2.31. The van der Waals surface area contributed by atoms with Crippen molar-refractivity contribution >= 4 is 40.4 Å². The van der Waals surface area contributed by atoms with E-state index in [9.17, 15) is 0 Å². The standard InChI is InChI=1S/C15H13Cl2NO2S/c1-19-13-6-5-9(15(18)21)7-14(13)20-8-10-11(16)3-2-4-12(10)17/h2-7H,8H2,1H3,(H2,18,21). The highest BCUT2D eigenvalue weighted by molar-refractivity contribution is 7.80. The van der Waals surface area contributed by atoms with Gasteiger partial charge >= 0.3 is 0 Å². The van der Waals surface area contributed by atoms with Crippen LogP contribution >= 0.6 is 35.4 Å². The SMILES string of the molecule is COc1ccc(C(N)=S)cc1OCc1c(Cl)cccc1Cl. The van der Waals surface area contributed by atoms with Crippen LogP contribution < -0.4 is 15.2 Å². The molecule has 0 atom stereocenters. The lowest BCUT2D eigenvalue weighted by Gasteiger charge is -2.13. The molecule has 110 valence electrons. The largest absolute Gasteiger partial charge is 0.493 e. The monoisotopic (exact) mass is 341 g/mol. The first kappa shape index (κ1) is 15.9. The Morgan fingerprint density at radius 2 is 1.81 bits per heavy atom. The summed E-state index contributed by atoms with van der Waals surface area (Å²) in [6.07, 6.45) is 0. The molecule has 0 aromatic heterocycles. The van der Waals surface area contributed by atoms with Gasteiger partial charge in [0.2, 0.25) is 0 Å². The van der Waals surface area contributed by atoms with Crippen molar-refractivity contribution in [3.8, 4) is 11.5 Å². The van der Waals surface area contributed by atoms with Crippen molar-refractivity contribution in [1.82, 2.24) is 0 Å². The van der Waals surface area contributed by atoms with E-state index < -0.39 is 0 Å². The average molecular weight is 342 g/mol. The molecule has 2 rings (SSSR count). The maximum atomic E-state index is 6.11. The van der Waals surface area contributed by atoms with Crippen molar-refractivity contribution in [1.29, 1.82) is 0 Å². The third-order valence-electron chi connectivity index (χ3n) is 2.88. The minimum absolute atomic E-state index is 0.218. The molecule has 0 saturated heterocycles. The van der Waals surface area contributed by atoms with Crippen LogP contribution in [0.5, 0.6) is 11.5 Å². The van der Waals surface area contributed by atoms with E-state index in [0.29, 0.717) is 37.7 Å². The molecule has 2 aromatic carbocycles. The molecule has 6 heteroatoms. The first-order chi connectivity index (χ1) is 10.0. The van der Waals surface area contributed by atoms with Crippen LogP contribution in [0.15, 0.2) is 36.4 Å². The Kier molecular flexibility index (Phi) is 5.28. The van der Waals surface area contributed by atoms with Crippen molar-refractivity contribution in [3.63, 3.8) is 0 Å². The zero-order valence-corrected chi connectivity index (χ0v) is 13.6. The lowest BCUT2D eigenvalue weighted by atomic mass is 10.2. The van der Waals surface area contributed by atoms with Crippen molar-refractivity contribution < 1.29 is 9.47 Å². The van der Waals surface area contributed by atoms with E-state index in [1.165, 1.54) is 0 Å². The van der Waals surface area contributed by atoms with E-state index in [0.717, 1.165) is 0 Å². The topological polar surface area (TPSA) is 44.5 Å². The van der Waals surface area contributed by atoms with Gasteiger partial charge in [0.05, 0.1) is 7.11 Å². The Hall–Kier alpha value is -1.49. The minimum Gasteiger partial charge on any atom is -0.493 e. The van der Waals surface area contributed by atoms with Gasteiger partial charge in [0.25, 0.3) is 0 Å². The summed E-state index contributed by atoms with van der Waals surface area (Å²) in [6, 6.07) is 10.5. The molecule has 0 aliphatic heterocycles. The number of rotatable bonds is 5. The summed E-state index contributed by atoms with van der Waals surface area (Å²) in [5.41, 5.74) is 7.03. The van der Waals surface area contributed by atoms with Crippen LogP contribution in [0.25, 0.3) is 0 Å². The van der Waals surface area contributed by atoms with Crippen LogP contribution in [0, 0.1) is 0 Å². The van der Waals surface area contributed by atoms with E-state index in [1.54, 1.807) is 43.5 Å². The molecule has 0 aliphatic carbocycles. The van der Waals surface area contributed by atoms with Crippen LogP contribution in [0.3, 0.4) is 0 Å². The Labute approximate surface area is 138 Å². The lowest BCUT2D eigenvalue weighted by Crippen LogP contribution is -2.09. The fraction of sp³-hybridized carbons (Fsp3) is 0.133. The normalized spacial score (nSPS) is 10.2. The molecule has 21 heavy (non-hydrogen) atoms. The maximum absolute atomic E-state index is 6.11. The number of benzene rings is 2. The molecule has 0 amide bonds. The zero-order chi connectivity index (χ0) is 15.4. The minimum atomic E-state index is 0.218. The van der Waals surface area contributed by atoms with Crippen LogP contribution in [0.1, 0.15) is 11.1 Å². The predicted octanol–water partition coefficient (Wildman–Crippen LogP) is 4.22. The fourth-order valence-electron chi connectivity index (χ4n) is 1.76. The average Bonchev–Trinajstić information content (AvgIpc) is 2.46. The van der Waals surface area contributed by atoms with E-state index in [4.69, 9.17) is 50.6 Å². The van der Waals surface area contributed by atoms with E-state index in [-0.39, 0.29) is 6.61 Å². The summed E-state index contributed by atoms with van der Waals surface area (Å²) >= 11 is 17.2. The predicted molar refractivity (Wildman–Crippen MR) is 89.7 cm³/mol. The summed E-state index contributed by atoms with van der Waals surface area (Å²) in [7, 11) is 1.56. The van der Waals surface area contributed by atoms with Crippen LogP contribution in [0.2, 0.25) is 10.0 Å². The zero-order valence-electron chi connectivity index (χ0n) is 11.2. The third-order valence-corrected chi connectivity index (χ3v) is 3.83. The Balaban J connectivity index is 2.26. The molecular weight excluding hydrogens is 329 g/mol. The molecule has 0 bridgehead atoms. The first-order valence-electron chi connectivity index (χ1n) is 6.06. The molecule has 0 radical (unpaired) electrons. The van der Waals surface area contributed by atoms with E-state index in [2.05, 4.69) is 0 Å². The highest BCUT2D eigenvalue weighted by atomic mass is 35.5. The van der Waals surface area contributed by atoms with Crippen molar-refractivity contribution in [3.05, 3.63) is 57.6 Å². The molecule has 0 aliphatic rings. The number of halogens is 2. The van der Waals surface area contributed by atoms with Gasteiger partial charge in [0.15, 0.2) is 11.5 Å². The second-order valence-corrected chi connectivity index (χ2v) is 5.47. The summed E-state index contributed by atoms with van der Waals surface area (Å²) in [5.74, 6) is 1.11. The van der Waals surface area contributed by atoms with Gasteiger partial charge in [-0.3, -0.25) is 0 Å². The molecule has 0 spiro atoms. The van der Waals surface area contributed by atoms with Gasteiger partial charge in [-0.05, 0) is 30.3 Å². The maximum Gasteiger partial charge on any atom is 0.162 e. The molecule has 2 N–H and O–H groups in total. The smallest absolute Gasteiger partial charge is 0.162 e. The van der Waals surface area contributed by atoms with Crippen LogP contribution in [-0.2, 0) is 6.61 Å². The second-order valence-electron chi connectivity index (χ2n) is 4.22. The lowest BCUT2D eigenvalue weighted by molar-refractivity contribution is 0.284. The highest BCUT2D eigenvalue weighted by Gasteiger charge is 2.10. The van der Waals surface area contributed by atoms with Crippen molar-refractivity contribution in [2.24, 2.45) is 5.73 Å². The molecule has 0 heterocycles. The van der Waals surface area contributed by atoms with Crippen molar-refractivity contribution in [2.45, 2.75) is 6.61 Å². The summed E-state index contributed by atoms with van der Waals surface area (Å²) < 4.78 is 11.0. The third kappa shape index (κ3) is 3.79. The van der Waals surface area contributed by atoms with Gasteiger partial charge in [0.1, 0.15) is 11.6 Å². The Morgan fingerprint density at radius 1 is 1.14 bits per heavy atom. The molecule has 0 fully saturated rings. The Bertz CT molecular complexity index is 656. The molecule has 0 unspecified atom stereocenters. The van der Waals surface area contributed by atoms with Crippen LogP contribution in [0.4, 0.5) is 0 Å². The van der Waals surface area contributed by atoms with E-state index in [1.807, 2.05) is 0 Å². The number of nitrogens with two attached hydrogens (primary N) is 1. The number of hydrogen-bond acceptors (Lipinski definition) is 3. The van der Waals surface area contributed by atoms with Gasteiger partial charge < -0.3 is 15.2 Å². The summed E-state index contributed by atoms with van der Waals surface area (Å²) in [6.45, 7) is 0.218. The van der Waals surface area contributed by atoms with E-state index >= 15 is 0 Å². The molecule has 3 nitrogen and oxygen atoms in total. The molecular formula is C15H13Cl2NO2S. The van der Waals surface area contributed by atoms with Gasteiger partial charge in [-0.1, -0.05) is 41.5 Å². The molecule has 0 saturated carbocycles. The summed E-state index contributed by atoms with van der Waals surface area (Å²) in [5, 5.41) is 1.10. The summed E-state index contributed by atoms with van der Waals surface area (Å²) in [4.78, 5) is 0.290. The van der Waals surface area contributed by atoms with Crippen molar-refractivity contribution in [2.75, 3.05) is 7.11 Å². The van der Waals surface area contributed by atoms with Gasteiger partial charge in [0, 0.05) is 21.2 Å². The number of ether oxygens (including phenoxy) is 2. The van der Waals surface area contributed by atoms with Gasteiger partial charge in [-0.15, -0.1) is 0 Å². The number of methoxy groups -OCH3 is 1. The number of thiocarbonyl (C=S) groups is 1. The molecule has 2 aromatic rings. The van der Waals surface area contributed by atoms with Gasteiger partial charge in [-0.25, -0.2) is 0 Å². The number of hydrogen-bond donors (Lipinski definition) is 1. The Morgan fingerprint density at radius 3 is 2.38 bits per heavy atom. The fourth-order valence-corrected chi connectivity index (χ4v) is 2.40. The van der Waals surface area contributed by atoms with Crippen LogP contribution in [-0.4, -0.2) is 12.1 Å². The second kappa shape index (κ2) is 6.98. The quantitative estimate of drug-likeness (QED) is 0.827. The van der Waals surface area contributed by atoms with Gasteiger partial charge in [-0.2, -0.15) is 0 Å². The first-order valence-corrected chi connectivity index (χ1v) is 7.23.